The first-order valence-corrected chi connectivity index (χ1v) is 8.32. The summed E-state index contributed by atoms with van der Waals surface area (Å²) in [7, 11) is 0. The van der Waals surface area contributed by atoms with E-state index in [0.717, 1.165) is 55.3 Å². The van der Waals surface area contributed by atoms with E-state index >= 15 is 0 Å². The summed E-state index contributed by atoms with van der Waals surface area (Å²) in [6, 6.07) is 8.15. The number of rotatable bonds is 1. The molecule has 0 radical (unpaired) electrons. The van der Waals surface area contributed by atoms with E-state index in [0.29, 0.717) is 0 Å². The lowest BCUT2D eigenvalue weighted by atomic mass is 10.00. The van der Waals surface area contributed by atoms with Crippen molar-refractivity contribution in [1.82, 2.24) is 9.55 Å². The maximum atomic E-state index is 9.55. The second-order valence-corrected chi connectivity index (χ2v) is 5.88. The average Bonchev–Trinajstić information content (AvgIpc) is 2.99. The van der Waals surface area contributed by atoms with E-state index in [1.165, 1.54) is 0 Å². The summed E-state index contributed by atoms with van der Waals surface area (Å²) in [4.78, 5) is 4.49. The summed E-state index contributed by atoms with van der Waals surface area (Å²) in [6.45, 7) is 0. The van der Waals surface area contributed by atoms with Crippen LogP contribution in [0.25, 0.3) is 11.0 Å². The lowest BCUT2D eigenvalue weighted by molar-refractivity contribution is 0.312. The maximum Gasteiger partial charge on any atom is 0.0964 e. The van der Waals surface area contributed by atoms with Gasteiger partial charge in [0, 0.05) is 0 Å². The van der Waals surface area contributed by atoms with E-state index in [-0.39, 0.29) is 6.04 Å². The van der Waals surface area contributed by atoms with Crippen LogP contribution in [-0.4, -0.2) is 20.5 Å². The van der Waals surface area contributed by atoms with Crippen molar-refractivity contribution in [2.75, 3.05) is 0 Å². The second kappa shape index (κ2) is 7.77. The Morgan fingerprint density at radius 3 is 2.57 bits per heavy atom. The Morgan fingerprint density at radius 2 is 1.74 bits per heavy atom. The van der Waals surface area contributed by atoms with Gasteiger partial charge in [0.2, 0.25) is 0 Å². The molecule has 1 aliphatic carbocycles. The van der Waals surface area contributed by atoms with Gasteiger partial charge in [-0.3, -0.25) is 0 Å². The molecule has 23 heavy (non-hydrogen) atoms. The van der Waals surface area contributed by atoms with Crippen LogP contribution in [0.1, 0.15) is 44.6 Å². The number of oxime groups is 1. The van der Waals surface area contributed by atoms with Gasteiger partial charge >= 0.3 is 0 Å². The standard InChI is InChI=1S/C19H23N3O/c23-21-17-12-7-5-3-1-2-4-6-8-13-19(17)22-15-20-16-11-9-10-14-18(16)22/h3-6,9-11,14-15,19,23H,1-2,7-8,12-13H2. The number of hydrogen-bond donors (Lipinski definition) is 1. The molecule has 0 spiro atoms. The van der Waals surface area contributed by atoms with Crippen LogP contribution < -0.4 is 0 Å². The minimum Gasteiger partial charge on any atom is -0.411 e. The molecule has 0 bridgehead atoms. The monoisotopic (exact) mass is 309 g/mol. The molecule has 120 valence electrons. The Kier molecular flexibility index (Phi) is 5.25. The highest BCUT2D eigenvalue weighted by Crippen LogP contribution is 2.25. The number of hydrogen-bond acceptors (Lipinski definition) is 3. The first-order chi connectivity index (χ1) is 11.4. The molecular formula is C19H23N3O. The molecule has 0 saturated heterocycles. The first-order valence-electron chi connectivity index (χ1n) is 8.32. The smallest absolute Gasteiger partial charge is 0.0964 e. The lowest BCUT2D eigenvalue weighted by Gasteiger charge is -2.20. The third kappa shape index (κ3) is 3.70. The van der Waals surface area contributed by atoms with Gasteiger partial charge in [-0.1, -0.05) is 41.6 Å². The predicted molar refractivity (Wildman–Crippen MR) is 94.0 cm³/mol. The van der Waals surface area contributed by atoms with E-state index < -0.39 is 0 Å². The summed E-state index contributed by atoms with van der Waals surface area (Å²) < 4.78 is 2.15. The predicted octanol–water partition coefficient (Wildman–Crippen LogP) is 4.87. The number of fused-ring (bicyclic) bond motifs is 1. The van der Waals surface area contributed by atoms with Crippen LogP contribution in [0.3, 0.4) is 0 Å². The summed E-state index contributed by atoms with van der Waals surface area (Å²) in [5, 5.41) is 13.2. The highest BCUT2D eigenvalue weighted by molar-refractivity contribution is 5.89. The zero-order valence-electron chi connectivity index (χ0n) is 13.3. The highest BCUT2D eigenvalue weighted by Gasteiger charge is 2.20. The van der Waals surface area contributed by atoms with Gasteiger partial charge in [-0.05, 0) is 50.7 Å². The van der Waals surface area contributed by atoms with Crippen LogP contribution >= 0.6 is 0 Å². The molecular weight excluding hydrogens is 286 g/mol. The molecule has 2 aromatic rings. The molecule has 4 nitrogen and oxygen atoms in total. The van der Waals surface area contributed by atoms with Crippen molar-refractivity contribution in [3.8, 4) is 0 Å². The molecule has 1 unspecified atom stereocenters. The number of para-hydroxylation sites is 2. The first kappa shape index (κ1) is 15.5. The van der Waals surface area contributed by atoms with Gasteiger partial charge in [0.25, 0.3) is 0 Å². The van der Waals surface area contributed by atoms with E-state index in [2.05, 4.69) is 45.1 Å². The molecule has 0 aliphatic heterocycles. The zero-order valence-corrected chi connectivity index (χ0v) is 13.3. The van der Waals surface area contributed by atoms with Crippen molar-refractivity contribution in [2.24, 2.45) is 5.16 Å². The Labute approximate surface area is 136 Å². The van der Waals surface area contributed by atoms with Crippen LogP contribution in [0.2, 0.25) is 0 Å². The minimum atomic E-state index is 0.0462. The summed E-state index contributed by atoms with van der Waals surface area (Å²) in [5.74, 6) is 0. The van der Waals surface area contributed by atoms with Gasteiger partial charge in [-0.2, -0.15) is 0 Å². The third-order valence-corrected chi connectivity index (χ3v) is 4.34. The quantitative estimate of drug-likeness (QED) is 0.464. The molecule has 1 heterocycles. The molecule has 0 amide bonds. The third-order valence-electron chi connectivity index (χ3n) is 4.34. The Hall–Kier alpha value is -2.36. The van der Waals surface area contributed by atoms with Crippen molar-refractivity contribution in [3.05, 3.63) is 54.9 Å². The SMILES string of the molecule is ON=C1CCC=CCCC=CCCC1n1cnc2ccccc21. The molecule has 1 aliphatic rings. The van der Waals surface area contributed by atoms with Crippen LogP contribution in [0, 0.1) is 0 Å². The van der Waals surface area contributed by atoms with Crippen LogP contribution in [0.4, 0.5) is 0 Å². The molecule has 1 aromatic carbocycles. The zero-order chi connectivity index (χ0) is 15.9. The molecule has 1 N–H and O–H groups in total. The van der Waals surface area contributed by atoms with Crippen LogP contribution in [0.5, 0.6) is 0 Å². The van der Waals surface area contributed by atoms with Crippen molar-refractivity contribution in [1.29, 1.82) is 0 Å². The molecule has 0 fully saturated rings. The maximum absolute atomic E-state index is 9.55. The number of aromatic nitrogens is 2. The normalized spacial score (nSPS) is 22.1. The fourth-order valence-electron chi connectivity index (χ4n) is 3.13. The van der Waals surface area contributed by atoms with Gasteiger partial charge in [-0.25, -0.2) is 4.98 Å². The Bertz CT molecular complexity index is 727. The highest BCUT2D eigenvalue weighted by atomic mass is 16.4. The average molecular weight is 309 g/mol. The van der Waals surface area contributed by atoms with Gasteiger partial charge < -0.3 is 9.77 Å². The van der Waals surface area contributed by atoms with Gasteiger partial charge in [0.1, 0.15) is 0 Å². The van der Waals surface area contributed by atoms with E-state index in [4.69, 9.17) is 0 Å². The molecule has 3 rings (SSSR count). The molecule has 0 saturated carbocycles. The van der Waals surface area contributed by atoms with E-state index in [1.54, 1.807) is 0 Å². The van der Waals surface area contributed by atoms with Crippen molar-refractivity contribution >= 4 is 16.7 Å². The van der Waals surface area contributed by atoms with Crippen molar-refractivity contribution in [2.45, 2.75) is 44.6 Å². The summed E-state index contributed by atoms with van der Waals surface area (Å²) in [5.41, 5.74) is 2.89. The number of benzene rings is 1. The molecule has 4 heteroatoms. The van der Waals surface area contributed by atoms with Crippen molar-refractivity contribution in [3.63, 3.8) is 0 Å². The van der Waals surface area contributed by atoms with Gasteiger partial charge in [0.15, 0.2) is 0 Å². The minimum absolute atomic E-state index is 0.0462. The lowest BCUT2D eigenvalue weighted by Crippen LogP contribution is -2.19. The van der Waals surface area contributed by atoms with Crippen molar-refractivity contribution < 1.29 is 5.21 Å². The van der Waals surface area contributed by atoms with E-state index in [1.807, 2.05) is 24.5 Å². The number of allylic oxidation sites excluding steroid dienone is 4. The largest absolute Gasteiger partial charge is 0.411 e. The topological polar surface area (TPSA) is 50.4 Å². The summed E-state index contributed by atoms with van der Waals surface area (Å²) >= 11 is 0. The summed E-state index contributed by atoms with van der Waals surface area (Å²) in [6.07, 6.45) is 16.5. The fraction of sp³-hybridized carbons (Fsp3) is 0.368. The number of nitrogens with zero attached hydrogens (tertiary/aromatic N) is 3. The van der Waals surface area contributed by atoms with Crippen LogP contribution in [-0.2, 0) is 0 Å². The second-order valence-electron chi connectivity index (χ2n) is 5.88. The van der Waals surface area contributed by atoms with Gasteiger partial charge in [0.05, 0.1) is 29.1 Å². The van der Waals surface area contributed by atoms with Gasteiger partial charge in [-0.15, -0.1) is 0 Å². The van der Waals surface area contributed by atoms with Crippen LogP contribution in [0.15, 0.2) is 60.1 Å². The Morgan fingerprint density at radius 1 is 1.00 bits per heavy atom. The Balaban J connectivity index is 1.93. The number of imidazole rings is 1. The van der Waals surface area contributed by atoms with E-state index in [9.17, 15) is 5.21 Å². The molecule has 1 aromatic heterocycles. The fourth-order valence-corrected chi connectivity index (χ4v) is 3.13. The molecule has 1 atom stereocenters.